The van der Waals surface area contributed by atoms with Crippen LogP contribution in [0.3, 0.4) is 0 Å². The van der Waals surface area contributed by atoms with Crippen molar-refractivity contribution in [3.63, 3.8) is 0 Å². The molecule has 0 radical (unpaired) electrons. The Morgan fingerprint density at radius 3 is 1.83 bits per heavy atom. The second-order valence-electron chi connectivity index (χ2n) is 8.99. The van der Waals surface area contributed by atoms with Crippen LogP contribution in [0.25, 0.3) is 10.8 Å². The standard InChI is InChI=1S/C28H36O8/c1-5-7-9-13-35-27(33)17(3)22-16-20-15-19(25(29)30)11-12-21(20)23(24(22)26(31)32)18(4)28(34)36-14-10-8-6-2/h11-12,15-18H,5-10,13-14H2,1-4H3,(H,29,30)(H,31,32)/t17-,18-/m0/s1. The van der Waals surface area contributed by atoms with Crippen LogP contribution in [0.2, 0.25) is 0 Å². The molecule has 0 aliphatic carbocycles. The number of benzene rings is 2. The molecule has 0 bridgehead atoms. The van der Waals surface area contributed by atoms with Crippen molar-refractivity contribution in [2.24, 2.45) is 0 Å². The largest absolute Gasteiger partial charge is 0.478 e. The van der Waals surface area contributed by atoms with Gasteiger partial charge in [0.25, 0.3) is 0 Å². The second kappa shape index (κ2) is 13.6. The van der Waals surface area contributed by atoms with Gasteiger partial charge in [0.2, 0.25) is 0 Å². The molecule has 36 heavy (non-hydrogen) atoms. The van der Waals surface area contributed by atoms with Gasteiger partial charge >= 0.3 is 23.9 Å². The lowest BCUT2D eigenvalue weighted by Gasteiger charge is -2.22. The molecule has 0 aliphatic heterocycles. The molecule has 2 aromatic rings. The van der Waals surface area contributed by atoms with Crippen LogP contribution in [0.4, 0.5) is 0 Å². The van der Waals surface area contributed by atoms with Crippen molar-refractivity contribution in [2.45, 2.75) is 78.1 Å². The van der Waals surface area contributed by atoms with Crippen molar-refractivity contribution in [2.75, 3.05) is 13.2 Å². The minimum atomic E-state index is -1.29. The van der Waals surface area contributed by atoms with E-state index in [1.54, 1.807) is 13.8 Å². The van der Waals surface area contributed by atoms with E-state index in [0.717, 1.165) is 25.7 Å². The third-order valence-corrected chi connectivity index (χ3v) is 6.26. The van der Waals surface area contributed by atoms with Crippen molar-refractivity contribution in [3.8, 4) is 0 Å². The number of hydrogen-bond donors (Lipinski definition) is 2. The first-order valence-electron chi connectivity index (χ1n) is 12.5. The van der Waals surface area contributed by atoms with Gasteiger partial charge in [-0.2, -0.15) is 0 Å². The van der Waals surface area contributed by atoms with Crippen molar-refractivity contribution in [1.29, 1.82) is 0 Å². The van der Waals surface area contributed by atoms with E-state index >= 15 is 0 Å². The normalized spacial score (nSPS) is 12.7. The van der Waals surface area contributed by atoms with Gasteiger partial charge in [0.05, 0.1) is 36.2 Å². The highest BCUT2D eigenvalue weighted by molar-refractivity contribution is 6.05. The maximum absolute atomic E-state index is 12.9. The minimum Gasteiger partial charge on any atom is -0.478 e. The first kappa shape index (κ1) is 28.8. The summed E-state index contributed by atoms with van der Waals surface area (Å²) >= 11 is 0. The van der Waals surface area contributed by atoms with Crippen molar-refractivity contribution in [1.82, 2.24) is 0 Å². The lowest BCUT2D eigenvalue weighted by atomic mass is 9.83. The van der Waals surface area contributed by atoms with Gasteiger partial charge in [0.15, 0.2) is 0 Å². The molecule has 0 heterocycles. The molecule has 0 saturated carbocycles. The topological polar surface area (TPSA) is 127 Å². The highest BCUT2D eigenvalue weighted by atomic mass is 16.5. The van der Waals surface area contributed by atoms with E-state index in [4.69, 9.17) is 9.47 Å². The highest BCUT2D eigenvalue weighted by Crippen LogP contribution is 2.37. The number of rotatable bonds is 14. The van der Waals surface area contributed by atoms with Crippen LogP contribution < -0.4 is 0 Å². The zero-order valence-corrected chi connectivity index (χ0v) is 21.5. The van der Waals surface area contributed by atoms with Crippen LogP contribution in [0.1, 0.15) is 110 Å². The van der Waals surface area contributed by atoms with E-state index in [-0.39, 0.29) is 35.5 Å². The highest BCUT2D eigenvalue weighted by Gasteiger charge is 2.32. The second-order valence-corrected chi connectivity index (χ2v) is 8.99. The Morgan fingerprint density at radius 2 is 1.33 bits per heavy atom. The summed E-state index contributed by atoms with van der Waals surface area (Å²) in [7, 11) is 0. The molecular formula is C28H36O8. The van der Waals surface area contributed by atoms with Gasteiger partial charge in [0, 0.05) is 0 Å². The van der Waals surface area contributed by atoms with Crippen LogP contribution in [-0.2, 0) is 19.1 Å². The molecule has 0 fully saturated rings. The van der Waals surface area contributed by atoms with Gasteiger partial charge in [-0.05, 0) is 66.8 Å². The van der Waals surface area contributed by atoms with E-state index in [9.17, 15) is 29.4 Å². The van der Waals surface area contributed by atoms with Crippen molar-refractivity contribution in [3.05, 3.63) is 46.5 Å². The predicted molar refractivity (Wildman–Crippen MR) is 136 cm³/mol. The van der Waals surface area contributed by atoms with Crippen LogP contribution >= 0.6 is 0 Å². The van der Waals surface area contributed by atoms with Crippen molar-refractivity contribution >= 4 is 34.6 Å². The Bertz CT molecular complexity index is 1100. The summed E-state index contributed by atoms with van der Waals surface area (Å²) in [5.41, 5.74) is 0.199. The van der Waals surface area contributed by atoms with Gasteiger partial charge in [-0.15, -0.1) is 0 Å². The van der Waals surface area contributed by atoms with Crippen LogP contribution in [-0.4, -0.2) is 47.3 Å². The van der Waals surface area contributed by atoms with Crippen LogP contribution in [0.15, 0.2) is 24.3 Å². The van der Waals surface area contributed by atoms with Crippen LogP contribution in [0, 0.1) is 0 Å². The van der Waals surface area contributed by atoms with E-state index in [1.807, 2.05) is 13.8 Å². The van der Waals surface area contributed by atoms with Crippen molar-refractivity contribution < 1.29 is 38.9 Å². The molecule has 196 valence electrons. The van der Waals surface area contributed by atoms with E-state index < -0.39 is 35.7 Å². The van der Waals surface area contributed by atoms with Gasteiger partial charge in [-0.3, -0.25) is 9.59 Å². The maximum Gasteiger partial charge on any atom is 0.336 e. The predicted octanol–water partition coefficient (Wildman–Crippen LogP) is 5.91. The Balaban J connectivity index is 2.62. The number of aromatic carboxylic acids is 2. The summed E-state index contributed by atoms with van der Waals surface area (Å²) < 4.78 is 10.8. The molecule has 2 rings (SSSR count). The molecule has 2 aromatic carbocycles. The average Bonchev–Trinajstić information content (AvgIpc) is 2.86. The van der Waals surface area contributed by atoms with Gasteiger partial charge in [0.1, 0.15) is 0 Å². The maximum atomic E-state index is 12.9. The number of carbonyl (C=O) groups is 4. The summed E-state index contributed by atoms with van der Waals surface area (Å²) in [4.78, 5) is 49.8. The molecular weight excluding hydrogens is 464 g/mol. The Hall–Kier alpha value is -3.42. The molecule has 0 saturated heterocycles. The fourth-order valence-corrected chi connectivity index (χ4v) is 4.16. The molecule has 8 nitrogen and oxygen atoms in total. The lowest BCUT2D eigenvalue weighted by Crippen LogP contribution is -2.22. The smallest absolute Gasteiger partial charge is 0.336 e. The van der Waals surface area contributed by atoms with Gasteiger partial charge in [-0.25, -0.2) is 9.59 Å². The van der Waals surface area contributed by atoms with E-state index in [1.165, 1.54) is 24.3 Å². The molecule has 0 aliphatic rings. The van der Waals surface area contributed by atoms with Crippen LogP contribution in [0.5, 0.6) is 0 Å². The third-order valence-electron chi connectivity index (χ3n) is 6.26. The number of esters is 2. The molecule has 0 amide bonds. The number of carboxylic acid groups (broad SMARTS) is 2. The Kier molecular flexibility index (Phi) is 10.9. The third kappa shape index (κ3) is 7.06. The first-order chi connectivity index (χ1) is 17.1. The number of hydrogen-bond acceptors (Lipinski definition) is 6. The van der Waals surface area contributed by atoms with E-state index in [2.05, 4.69) is 0 Å². The summed E-state index contributed by atoms with van der Waals surface area (Å²) in [6.07, 6.45) is 5.12. The zero-order chi connectivity index (χ0) is 26.8. The average molecular weight is 501 g/mol. The lowest BCUT2D eigenvalue weighted by molar-refractivity contribution is -0.145. The SMILES string of the molecule is CCCCCOC(=O)[C@@H](C)c1cc2cc(C(=O)O)ccc2c([C@H](C)C(=O)OCCCCC)c1C(=O)O. The van der Waals surface area contributed by atoms with Gasteiger partial charge < -0.3 is 19.7 Å². The van der Waals surface area contributed by atoms with Gasteiger partial charge in [-0.1, -0.05) is 45.6 Å². The summed E-state index contributed by atoms with van der Waals surface area (Å²) in [5, 5.41) is 20.5. The summed E-state index contributed by atoms with van der Waals surface area (Å²) in [6.45, 7) is 7.62. The molecule has 0 aromatic heterocycles. The minimum absolute atomic E-state index is 0.00654. The number of fused-ring (bicyclic) bond motifs is 1. The Morgan fingerprint density at radius 1 is 0.778 bits per heavy atom. The fraction of sp³-hybridized carbons (Fsp3) is 0.500. The number of unbranched alkanes of at least 4 members (excludes halogenated alkanes) is 4. The number of carboxylic acids is 2. The molecule has 0 spiro atoms. The fourth-order valence-electron chi connectivity index (χ4n) is 4.16. The quantitative estimate of drug-likeness (QED) is 0.242. The zero-order valence-electron chi connectivity index (χ0n) is 21.5. The number of carbonyl (C=O) groups excluding carboxylic acids is 2. The Labute approximate surface area is 211 Å². The molecule has 0 unspecified atom stereocenters. The molecule has 8 heteroatoms. The monoisotopic (exact) mass is 500 g/mol. The molecule has 2 atom stereocenters. The molecule has 2 N–H and O–H groups in total. The first-order valence-corrected chi connectivity index (χ1v) is 12.5. The van der Waals surface area contributed by atoms with E-state index in [0.29, 0.717) is 23.6 Å². The summed E-state index contributed by atoms with van der Waals surface area (Å²) in [5.74, 6) is -5.49. The number of ether oxygens (including phenoxy) is 2. The summed E-state index contributed by atoms with van der Waals surface area (Å²) in [6, 6.07) is 5.78.